The lowest BCUT2D eigenvalue weighted by molar-refractivity contribution is -0.128. The number of amidine groups is 1. The number of nitrogens with zero attached hydrogens (tertiary/aromatic N) is 2. The van der Waals surface area contributed by atoms with Crippen LogP contribution in [0.15, 0.2) is 41.4 Å². The average Bonchev–Trinajstić information content (AvgIpc) is 3.12. The molecule has 0 radical (unpaired) electrons. The summed E-state index contributed by atoms with van der Waals surface area (Å²) in [6.07, 6.45) is 0. The van der Waals surface area contributed by atoms with Crippen LogP contribution in [-0.4, -0.2) is 18.4 Å². The number of hydrogen-bond acceptors (Lipinski definition) is 4. The first-order valence-electron chi connectivity index (χ1n) is 9.07. The van der Waals surface area contributed by atoms with Gasteiger partial charge < -0.3 is 5.32 Å². The Hall–Kier alpha value is -2.24. The summed E-state index contributed by atoms with van der Waals surface area (Å²) in [5, 5.41) is 6.17. The molecule has 2 aromatic carbocycles. The van der Waals surface area contributed by atoms with E-state index in [4.69, 9.17) is 23.2 Å². The number of anilines is 1. The van der Waals surface area contributed by atoms with E-state index in [1.807, 2.05) is 69.1 Å². The van der Waals surface area contributed by atoms with Gasteiger partial charge >= 0.3 is 0 Å². The second kappa shape index (κ2) is 8.02. The number of amides is 1. The van der Waals surface area contributed by atoms with E-state index in [-0.39, 0.29) is 5.91 Å². The van der Waals surface area contributed by atoms with Crippen LogP contribution in [0.1, 0.15) is 37.5 Å². The van der Waals surface area contributed by atoms with Gasteiger partial charge in [-0.2, -0.15) is 0 Å². The predicted molar refractivity (Wildman–Crippen MR) is 116 cm³/mol. The van der Waals surface area contributed by atoms with Crippen LogP contribution in [0, 0.1) is 12.3 Å². The van der Waals surface area contributed by atoms with Crippen molar-refractivity contribution in [1.29, 1.82) is 0 Å². The zero-order valence-corrected chi connectivity index (χ0v) is 17.9. The van der Waals surface area contributed by atoms with Crippen LogP contribution in [-0.2, 0) is 11.3 Å². The van der Waals surface area contributed by atoms with Gasteiger partial charge in [0.15, 0.2) is 5.84 Å². The van der Waals surface area contributed by atoms with Crippen molar-refractivity contribution >= 4 is 40.6 Å². The fourth-order valence-corrected chi connectivity index (χ4v) is 3.07. The lowest BCUT2D eigenvalue weighted by Gasteiger charge is -2.20. The standard InChI is InChI=1S/C21H24Cl2N4O/c1-13-5-7-15(10-18(13)23)27-12-25-19(26-27)16-9-14(6-8-17(16)22)11-24-20(28)21(2,3)4/h5-10H,11-12H2,1-4H3,(H,24,28)(H,25,26). The van der Waals surface area contributed by atoms with Crippen molar-refractivity contribution in [2.75, 3.05) is 11.7 Å². The van der Waals surface area contributed by atoms with Crippen molar-refractivity contribution in [3.05, 3.63) is 63.1 Å². The topological polar surface area (TPSA) is 56.7 Å². The molecule has 0 bridgehead atoms. The Bertz CT molecular complexity index is 934. The first-order valence-corrected chi connectivity index (χ1v) is 9.82. The normalized spacial score (nSPS) is 13.9. The minimum Gasteiger partial charge on any atom is -0.352 e. The number of hydrogen-bond donors (Lipinski definition) is 2. The van der Waals surface area contributed by atoms with Gasteiger partial charge in [-0.3, -0.25) is 15.2 Å². The van der Waals surface area contributed by atoms with Gasteiger partial charge in [0.05, 0.1) is 10.7 Å². The maximum Gasteiger partial charge on any atom is 0.225 e. The number of carbonyl (C=O) groups excluding carboxylic acids is 1. The zero-order chi connectivity index (χ0) is 20.5. The van der Waals surface area contributed by atoms with Crippen LogP contribution < -0.4 is 15.8 Å². The van der Waals surface area contributed by atoms with E-state index in [2.05, 4.69) is 15.7 Å². The number of aryl methyl sites for hydroxylation is 1. The average molecular weight is 419 g/mol. The number of hydrazine groups is 1. The molecule has 0 saturated carbocycles. The Labute approximate surface area is 175 Å². The van der Waals surface area contributed by atoms with Crippen molar-refractivity contribution in [1.82, 2.24) is 10.7 Å². The van der Waals surface area contributed by atoms with Gasteiger partial charge in [0.25, 0.3) is 0 Å². The van der Waals surface area contributed by atoms with Gasteiger partial charge in [-0.25, -0.2) is 4.99 Å². The Kier molecular flexibility index (Phi) is 5.87. The fourth-order valence-electron chi connectivity index (χ4n) is 2.69. The van der Waals surface area contributed by atoms with Gasteiger partial charge in [0.1, 0.15) is 6.67 Å². The number of benzene rings is 2. The second-order valence-electron chi connectivity index (χ2n) is 7.87. The summed E-state index contributed by atoms with van der Waals surface area (Å²) in [6.45, 7) is 8.52. The minimum absolute atomic E-state index is 0.00255. The number of nitrogens with one attached hydrogen (secondary N) is 2. The van der Waals surface area contributed by atoms with Gasteiger partial charge in [0, 0.05) is 22.5 Å². The van der Waals surface area contributed by atoms with E-state index >= 15 is 0 Å². The van der Waals surface area contributed by atoms with Crippen molar-refractivity contribution < 1.29 is 4.79 Å². The summed E-state index contributed by atoms with van der Waals surface area (Å²) in [5.74, 6) is 0.688. The minimum atomic E-state index is -0.428. The Morgan fingerprint density at radius 1 is 1.18 bits per heavy atom. The molecule has 3 rings (SSSR count). The summed E-state index contributed by atoms with van der Waals surface area (Å²) in [5.41, 5.74) is 6.56. The molecule has 0 aromatic heterocycles. The molecule has 0 aliphatic carbocycles. The van der Waals surface area contributed by atoms with Crippen LogP contribution >= 0.6 is 23.2 Å². The van der Waals surface area contributed by atoms with E-state index in [0.717, 1.165) is 22.4 Å². The van der Waals surface area contributed by atoms with Crippen LogP contribution in [0.5, 0.6) is 0 Å². The van der Waals surface area contributed by atoms with Gasteiger partial charge in [-0.1, -0.05) is 56.1 Å². The van der Waals surface area contributed by atoms with Crippen molar-refractivity contribution in [3.63, 3.8) is 0 Å². The Morgan fingerprint density at radius 3 is 2.61 bits per heavy atom. The number of rotatable bonds is 4. The van der Waals surface area contributed by atoms with Gasteiger partial charge in [0.2, 0.25) is 5.91 Å². The van der Waals surface area contributed by atoms with E-state index in [9.17, 15) is 4.79 Å². The molecule has 1 aliphatic rings. The number of carbonyl (C=O) groups is 1. The first kappa shape index (κ1) is 20.5. The quantitative estimate of drug-likeness (QED) is 0.756. The summed E-state index contributed by atoms with van der Waals surface area (Å²) >= 11 is 12.6. The summed E-state index contributed by atoms with van der Waals surface area (Å²) in [4.78, 5) is 16.7. The highest BCUT2D eigenvalue weighted by atomic mass is 35.5. The first-order chi connectivity index (χ1) is 13.1. The van der Waals surface area contributed by atoms with E-state index < -0.39 is 5.41 Å². The van der Waals surface area contributed by atoms with Crippen molar-refractivity contribution in [2.24, 2.45) is 10.4 Å². The third-order valence-corrected chi connectivity index (χ3v) is 5.24. The van der Waals surface area contributed by atoms with Crippen LogP contribution in [0.3, 0.4) is 0 Å². The van der Waals surface area contributed by atoms with Crippen LogP contribution in [0.2, 0.25) is 10.0 Å². The van der Waals surface area contributed by atoms with Crippen molar-refractivity contribution in [2.45, 2.75) is 34.2 Å². The molecule has 148 valence electrons. The van der Waals surface area contributed by atoms with E-state index in [0.29, 0.717) is 29.1 Å². The third-order valence-electron chi connectivity index (χ3n) is 4.50. The zero-order valence-electron chi connectivity index (χ0n) is 16.4. The SMILES string of the molecule is Cc1ccc(N2CN=C(c3cc(CNC(=O)C(C)(C)C)ccc3Cl)N2)cc1Cl. The fraction of sp³-hybridized carbons (Fsp3) is 0.333. The molecule has 7 heteroatoms. The summed E-state index contributed by atoms with van der Waals surface area (Å²) in [7, 11) is 0. The maximum atomic E-state index is 12.1. The van der Waals surface area contributed by atoms with E-state index in [1.54, 1.807) is 0 Å². The number of halogens is 2. The molecular weight excluding hydrogens is 395 g/mol. The van der Waals surface area contributed by atoms with Crippen LogP contribution in [0.4, 0.5) is 5.69 Å². The molecular formula is C21H24Cl2N4O. The molecule has 28 heavy (non-hydrogen) atoms. The summed E-state index contributed by atoms with van der Waals surface area (Å²) in [6, 6.07) is 11.5. The Balaban J connectivity index is 1.73. The largest absolute Gasteiger partial charge is 0.352 e. The lowest BCUT2D eigenvalue weighted by atomic mass is 9.95. The molecule has 0 unspecified atom stereocenters. The highest BCUT2D eigenvalue weighted by molar-refractivity contribution is 6.34. The maximum absolute atomic E-state index is 12.1. The smallest absolute Gasteiger partial charge is 0.225 e. The van der Waals surface area contributed by atoms with Crippen molar-refractivity contribution in [3.8, 4) is 0 Å². The molecule has 5 nitrogen and oxygen atoms in total. The summed E-state index contributed by atoms with van der Waals surface area (Å²) < 4.78 is 0. The molecule has 2 N–H and O–H groups in total. The molecule has 0 atom stereocenters. The number of aliphatic imine (C=N–C) groups is 1. The predicted octanol–water partition coefficient (Wildman–Crippen LogP) is 4.69. The molecule has 1 heterocycles. The van der Waals surface area contributed by atoms with E-state index in [1.165, 1.54) is 0 Å². The highest BCUT2D eigenvalue weighted by Crippen LogP contribution is 2.25. The molecule has 1 aliphatic heterocycles. The lowest BCUT2D eigenvalue weighted by Crippen LogP contribution is -2.36. The molecule has 1 amide bonds. The van der Waals surface area contributed by atoms with Gasteiger partial charge in [-0.15, -0.1) is 0 Å². The molecule has 0 saturated heterocycles. The highest BCUT2D eigenvalue weighted by Gasteiger charge is 2.22. The molecule has 2 aromatic rings. The van der Waals surface area contributed by atoms with Crippen LogP contribution in [0.25, 0.3) is 0 Å². The molecule has 0 spiro atoms. The third kappa shape index (κ3) is 4.59. The monoisotopic (exact) mass is 418 g/mol. The van der Waals surface area contributed by atoms with Gasteiger partial charge in [-0.05, 0) is 42.3 Å². The molecule has 0 fully saturated rings. The Morgan fingerprint density at radius 2 is 1.93 bits per heavy atom. The second-order valence-corrected chi connectivity index (χ2v) is 8.68.